The van der Waals surface area contributed by atoms with Gasteiger partial charge in [-0.1, -0.05) is 30.0 Å². The molecule has 2 aliphatic heterocycles. The van der Waals surface area contributed by atoms with E-state index in [1.807, 2.05) is 0 Å². The summed E-state index contributed by atoms with van der Waals surface area (Å²) in [5, 5.41) is 10.5. The molecule has 0 bridgehead atoms. The highest BCUT2D eigenvalue weighted by molar-refractivity contribution is 8.15. The van der Waals surface area contributed by atoms with Gasteiger partial charge >= 0.3 is 5.97 Å². The molecule has 35 heavy (non-hydrogen) atoms. The molecule has 4 rings (SSSR count). The smallest absolute Gasteiger partial charge is 0.326 e. The van der Waals surface area contributed by atoms with Crippen molar-refractivity contribution in [1.29, 1.82) is 0 Å². The first kappa shape index (κ1) is 24.7. The van der Waals surface area contributed by atoms with E-state index >= 15 is 0 Å². The van der Waals surface area contributed by atoms with Crippen molar-refractivity contribution in [3.8, 4) is 11.5 Å². The fourth-order valence-electron chi connectivity index (χ4n) is 4.16. The monoisotopic (exact) mass is 501 g/mol. The Bertz CT molecular complexity index is 1160. The van der Waals surface area contributed by atoms with Crippen LogP contribution >= 0.6 is 11.8 Å². The Kier molecular flexibility index (Phi) is 7.37. The fourth-order valence-corrected chi connectivity index (χ4v) is 5.02. The van der Waals surface area contributed by atoms with E-state index in [2.05, 4.69) is 5.32 Å². The van der Waals surface area contributed by atoms with Crippen molar-refractivity contribution in [2.75, 3.05) is 6.54 Å². The molecule has 2 saturated heterocycles. The van der Waals surface area contributed by atoms with Gasteiger partial charge in [0.2, 0.25) is 11.8 Å². The van der Waals surface area contributed by atoms with E-state index in [-0.39, 0.29) is 24.5 Å². The van der Waals surface area contributed by atoms with Crippen LogP contribution in [-0.4, -0.2) is 56.9 Å². The highest BCUT2D eigenvalue weighted by atomic mass is 32.2. The number of nitrogens with one attached hydrogen (secondary N) is 1. The number of imide groups is 1. The van der Waals surface area contributed by atoms with Crippen LogP contribution < -0.4 is 15.8 Å². The molecule has 2 aromatic carbocycles. The summed E-state index contributed by atoms with van der Waals surface area (Å²) < 4.78 is 20.2. The highest BCUT2D eigenvalue weighted by Gasteiger charge is 2.36. The van der Waals surface area contributed by atoms with Crippen molar-refractivity contribution in [1.82, 2.24) is 10.2 Å². The Labute approximate surface area is 204 Å². The quantitative estimate of drug-likeness (QED) is 0.501. The van der Waals surface area contributed by atoms with Crippen LogP contribution in [0, 0.1) is 5.82 Å². The molecule has 3 atom stereocenters. The maximum atomic E-state index is 14.6. The zero-order valence-electron chi connectivity index (χ0n) is 18.6. The molecule has 2 aliphatic rings. The first-order valence-electron chi connectivity index (χ1n) is 11.1. The summed E-state index contributed by atoms with van der Waals surface area (Å²) in [6.07, 6.45) is 1.50. The lowest BCUT2D eigenvalue weighted by Gasteiger charge is -2.24. The zero-order valence-corrected chi connectivity index (χ0v) is 19.4. The lowest BCUT2D eigenvalue weighted by molar-refractivity contribution is -0.148. The molecule has 0 radical (unpaired) electrons. The molecule has 0 spiro atoms. The van der Waals surface area contributed by atoms with Crippen LogP contribution in [0.3, 0.4) is 0 Å². The Balaban J connectivity index is 1.34. The molecule has 2 fully saturated rings. The summed E-state index contributed by atoms with van der Waals surface area (Å²) in [5.74, 6) is -2.03. The third-order valence-electron chi connectivity index (χ3n) is 5.93. The van der Waals surface area contributed by atoms with Gasteiger partial charge in [-0.2, -0.15) is 0 Å². The molecule has 0 saturated carbocycles. The van der Waals surface area contributed by atoms with Gasteiger partial charge in [-0.3, -0.25) is 19.7 Å². The van der Waals surface area contributed by atoms with Crippen LogP contribution in [0.25, 0.3) is 0 Å². The van der Waals surface area contributed by atoms with E-state index in [9.17, 15) is 28.7 Å². The number of thioether (sulfide) groups is 1. The molecule has 4 N–H and O–H groups in total. The number of hydrogen-bond donors (Lipinski definition) is 3. The number of benzene rings is 2. The summed E-state index contributed by atoms with van der Waals surface area (Å²) in [4.78, 5) is 48.2. The minimum atomic E-state index is -1.03. The minimum Gasteiger partial charge on any atom is -0.480 e. The first-order chi connectivity index (χ1) is 16.7. The summed E-state index contributed by atoms with van der Waals surface area (Å²) in [7, 11) is 0. The highest BCUT2D eigenvalue weighted by Crippen LogP contribution is 2.28. The van der Waals surface area contributed by atoms with Gasteiger partial charge in [-0.15, -0.1) is 0 Å². The van der Waals surface area contributed by atoms with Gasteiger partial charge in [0.25, 0.3) is 5.24 Å². The number of carboxylic acid groups (broad SMARTS) is 1. The van der Waals surface area contributed by atoms with E-state index in [0.717, 1.165) is 17.3 Å². The molecular weight excluding hydrogens is 477 g/mol. The average Bonchev–Trinajstić information content (AvgIpc) is 3.42. The molecule has 3 amide bonds. The van der Waals surface area contributed by atoms with Crippen molar-refractivity contribution in [2.24, 2.45) is 5.73 Å². The van der Waals surface area contributed by atoms with Crippen LogP contribution in [0.2, 0.25) is 0 Å². The number of amides is 3. The number of aliphatic carboxylic acids is 1. The molecule has 3 unspecified atom stereocenters. The van der Waals surface area contributed by atoms with Gasteiger partial charge in [-0.05, 0) is 61.1 Å². The molecule has 0 aliphatic carbocycles. The molecule has 11 heteroatoms. The lowest BCUT2D eigenvalue weighted by atomic mass is 10.0. The van der Waals surface area contributed by atoms with E-state index in [0.29, 0.717) is 30.7 Å². The Morgan fingerprint density at radius 2 is 1.91 bits per heavy atom. The molecule has 0 aromatic heterocycles. The number of nitrogens with two attached hydrogens (primary N) is 1. The average molecular weight is 502 g/mol. The minimum absolute atomic E-state index is 0.00160. The van der Waals surface area contributed by atoms with E-state index < -0.39 is 40.3 Å². The second-order valence-corrected chi connectivity index (χ2v) is 9.61. The van der Waals surface area contributed by atoms with Crippen LogP contribution in [0.15, 0.2) is 42.5 Å². The largest absolute Gasteiger partial charge is 0.480 e. The Hall–Kier alpha value is -3.44. The molecule has 9 nitrogen and oxygen atoms in total. The normalized spacial score (nSPS) is 20.6. The lowest BCUT2D eigenvalue weighted by Crippen LogP contribution is -2.49. The van der Waals surface area contributed by atoms with Crippen molar-refractivity contribution >= 4 is 34.8 Å². The summed E-state index contributed by atoms with van der Waals surface area (Å²) in [6.45, 7) is 0.380. The van der Waals surface area contributed by atoms with Gasteiger partial charge in [0, 0.05) is 6.54 Å². The Morgan fingerprint density at radius 3 is 2.54 bits per heavy atom. The van der Waals surface area contributed by atoms with Crippen LogP contribution in [0.4, 0.5) is 9.18 Å². The predicted octanol–water partition coefficient (Wildman–Crippen LogP) is 2.46. The maximum absolute atomic E-state index is 14.6. The number of carboxylic acids is 1. The zero-order chi connectivity index (χ0) is 25.1. The SMILES string of the molecule is NC(Cc1ccc(Oc2ccc(CC3SC(=O)NC3=O)cc2F)cc1)C(=O)N1CCCC1C(=O)O. The number of likely N-dealkylation sites (tertiary alicyclic amines) is 1. The van der Waals surface area contributed by atoms with Gasteiger partial charge in [0.05, 0.1) is 11.3 Å². The summed E-state index contributed by atoms with van der Waals surface area (Å²) in [5.41, 5.74) is 7.37. The van der Waals surface area contributed by atoms with Gasteiger partial charge in [0.1, 0.15) is 11.8 Å². The number of ether oxygens (including phenoxy) is 1. The van der Waals surface area contributed by atoms with Gasteiger partial charge in [0.15, 0.2) is 11.6 Å². The van der Waals surface area contributed by atoms with Crippen LogP contribution in [0.1, 0.15) is 24.0 Å². The van der Waals surface area contributed by atoms with Gasteiger partial charge in [-0.25, -0.2) is 9.18 Å². The number of halogens is 1. The van der Waals surface area contributed by atoms with E-state index in [1.165, 1.54) is 17.0 Å². The molecule has 2 aromatic rings. The summed E-state index contributed by atoms with van der Waals surface area (Å²) in [6, 6.07) is 9.33. The number of nitrogens with zero attached hydrogens (tertiary/aromatic N) is 1. The maximum Gasteiger partial charge on any atom is 0.326 e. The second kappa shape index (κ2) is 10.4. The van der Waals surface area contributed by atoms with E-state index in [1.54, 1.807) is 30.3 Å². The number of carbonyl (C=O) groups excluding carboxylic acids is 3. The van der Waals surface area contributed by atoms with Crippen molar-refractivity contribution in [2.45, 2.75) is 43.0 Å². The molecular formula is C24H24FN3O6S. The van der Waals surface area contributed by atoms with Crippen molar-refractivity contribution < 1.29 is 33.4 Å². The number of rotatable bonds is 8. The topological polar surface area (TPSA) is 139 Å². The predicted molar refractivity (Wildman–Crippen MR) is 126 cm³/mol. The number of hydrogen-bond acceptors (Lipinski definition) is 7. The van der Waals surface area contributed by atoms with Gasteiger partial charge < -0.3 is 20.5 Å². The third kappa shape index (κ3) is 5.80. The van der Waals surface area contributed by atoms with Crippen LogP contribution in [0.5, 0.6) is 11.5 Å². The fraction of sp³-hybridized carbons (Fsp3) is 0.333. The third-order valence-corrected chi connectivity index (χ3v) is 6.91. The molecule has 184 valence electrons. The van der Waals surface area contributed by atoms with Crippen molar-refractivity contribution in [3.63, 3.8) is 0 Å². The first-order valence-corrected chi connectivity index (χ1v) is 11.9. The van der Waals surface area contributed by atoms with E-state index in [4.69, 9.17) is 10.5 Å². The van der Waals surface area contributed by atoms with Crippen LogP contribution in [-0.2, 0) is 27.2 Å². The second-order valence-electron chi connectivity index (χ2n) is 8.44. The molecule has 2 heterocycles. The standard InChI is InChI=1S/C24H24FN3O6S/c25-16-10-14(12-20-21(29)27-24(33)35-20)5-8-19(16)34-15-6-3-13(4-7-15)11-17(26)22(30)28-9-1-2-18(28)23(31)32/h3-8,10,17-18,20H,1-2,9,11-12,26H2,(H,31,32)(H,27,29,33). The Morgan fingerprint density at radius 1 is 1.20 bits per heavy atom. The summed E-state index contributed by atoms with van der Waals surface area (Å²) >= 11 is 0.885. The number of carbonyl (C=O) groups is 4. The van der Waals surface area contributed by atoms with Crippen molar-refractivity contribution in [3.05, 3.63) is 59.4 Å².